The summed E-state index contributed by atoms with van der Waals surface area (Å²) in [4.78, 5) is 33.7. The Balaban J connectivity index is 1.51. The molecule has 0 saturated carbocycles. The Morgan fingerprint density at radius 1 is 1.38 bits per heavy atom. The summed E-state index contributed by atoms with van der Waals surface area (Å²) in [5.74, 6) is 0.584. The fourth-order valence-electron chi connectivity index (χ4n) is 3.84. The maximum atomic E-state index is 12.9. The molecule has 0 N–H and O–H groups in total. The topological polar surface area (TPSA) is 79.5 Å². The van der Waals surface area contributed by atoms with Gasteiger partial charge in [0.2, 0.25) is 5.91 Å². The number of aryl methyl sites for hydroxylation is 1. The van der Waals surface area contributed by atoms with Crippen LogP contribution in [0, 0.1) is 5.92 Å². The summed E-state index contributed by atoms with van der Waals surface area (Å²) in [6.07, 6.45) is 3.47. The number of rotatable bonds is 5. The molecule has 2 amide bonds. The summed E-state index contributed by atoms with van der Waals surface area (Å²) >= 11 is 1.53. The first-order valence-electron chi connectivity index (χ1n) is 9.08. The zero-order valence-corrected chi connectivity index (χ0v) is 15.6. The van der Waals surface area contributed by atoms with E-state index in [2.05, 4.69) is 17.1 Å². The van der Waals surface area contributed by atoms with Crippen LogP contribution in [0.2, 0.25) is 0 Å². The van der Waals surface area contributed by atoms with E-state index in [9.17, 15) is 9.59 Å². The lowest BCUT2D eigenvalue weighted by atomic mass is 9.94. The van der Waals surface area contributed by atoms with Gasteiger partial charge < -0.3 is 14.3 Å². The van der Waals surface area contributed by atoms with Crippen molar-refractivity contribution in [3.63, 3.8) is 0 Å². The molecule has 7 nitrogen and oxygen atoms in total. The number of carbonyl (C=O) groups is 2. The zero-order chi connectivity index (χ0) is 18.1. The third-order valence-corrected chi connectivity index (χ3v) is 5.81. The molecular formula is C18H22N4O3S. The first-order valence-corrected chi connectivity index (χ1v) is 10.0. The smallest absolute Gasteiger partial charge is 0.276 e. The molecule has 2 aromatic rings. The first-order chi connectivity index (χ1) is 12.7. The molecule has 0 radical (unpaired) electrons. The molecular weight excluding hydrogens is 352 g/mol. The van der Waals surface area contributed by atoms with E-state index in [0.717, 1.165) is 37.1 Å². The van der Waals surface area contributed by atoms with Crippen LogP contribution in [0.25, 0.3) is 0 Å². The molecule has 138 valence electrons. The molecule has 5 rings (SSSR count). The van der Waals surface area contributed by atoms with Crippen molar-refractivity contribution < 1.29 is 14.1 Å². The maximum Gasteiger partial charge on any atom is 0.276 e. The van der Waals surface area contributed by atoms with Gasteiger partial charge in [0.15, 0.2) is 5.69 Å². The maximum absolute atomic E-state index is 12.9. The minimum absolute atomic E-state index is 0.0360. The molecule has 0 aromatic carbocycles. The molecule has 8 heteroatoms. The SMILES string of the molecule is CCCc1cc(C(=O)N2C[C@@H]3CC[C@H](C2)N(Cc2cscn2)C3=O)no1. The van der Waals surface area contributed by atoms with E-state index < -0.39 is 0 Å². The van der Waals surface area contributed by atoms with Crippen LogP contribution < -0.4 is 0 Å². The minimum Gasteiger partial charge on any atom is -0.361 e. The molecule has 0 spiro atoms. The molecule has 0 aliphatic carbocycles. The number of fused-ring (bicyclic) bond motifs is 4. The summed E-state index contributed by atoms with van der Waals surface area (Å²) in [6, 6.07) is 1.77. The van der Waals surface area contributed by atoms with Crippen LogP contribution in [0.5, 0.6) is 0 Å². The lowest BCUT2D eigenvalue weighted by molar-refractivity contribution is -0.140. The van der Waals surface area contributed by atoms with E-state index in [1.165, 1.54) is 11.3 Å². The normalized spacial score (nSPS) is 22.7. The Morgan fingerprint density at radius 2 is 2.27 bits per heavy atom. The van der Waals surface area contributed by atoms with Gasteiger partial charge in [-0.05, 0) is 19.3 Å². The standard InChI is InChI=1S/C18H22N4O3S/c1-2-3-15-6-16(20-25-15)18(24)21-7-12-4-5-14(9-21)22(17(12)23)8-13-10-26-11-19-13/h6,10-12,14H,2-5,7-9H2,1H3/t12-,14+/m0/s1. The zero-order valence-electron chi connectivity index (χ0n) is 14.8. The van der Waals surface area contributed by atoms with E-state index in [1.807, 2.05) is 10.3 Å². The van der Waals surface area contributed by atoms with E-state index in [1.54, 1.807) is 16.5 Å². The quantitative estimate of drug-likeness (QED) is 0.803. The number of aromatic nitrogens is 2. The summed E-state index contributed by atoms with van der Waals surface area (Å²) in [5, 5.41) is 5.91. The first kappa shape index (κ1) is 17.2. The Labute approximate surface area is 156 Å². The summed E-state index contributed by atoms with van der Waals surface area (Å²) in [5.41, 5.74) is 3.03. The van der Waals surface area contributed by atoms with Gasteiger partial charge in [-0.2, -0.15) is 0 Å². The highest BCUT2D eigenvalue weighted by Crippen LogP contribution is 2.31. The van der Waals surface area contributed by atoms with Gasteiger partial charge in [0.25, 0.3) is 5.91 Å². The highest BCUT2D eigenvalue weighted by molar-refractivity contribution is 7.07. The van der Waals surface area contributed by atoms with Crippen LogP contribution >= 0.6 is 11.3 Å². The van der Waals surface area contributed by atoms with Gasteiger partial charge in [0.05, 0.1) is 23.7 Å². The molecule has 2 atom stereocenters. The van der Waals surface area contributed by atoms with Crippen molar-refractivity contribution in [3.05, 3.63) is 34.1 Å². The van der Waals surface area contributed by atoms with Gasteiger partial charge in [-0.25, -0.2) is 4.98 Å². The Morgan fingerprint density at radius 3 is 3.04 bits per heavy atom. The van der Waals surface area contributed by atoms with Crippen LogP contribution in [0.4, 0.5) is 0 Å². The molecule has 3 saturated heterocycles. The molecule has 3 aliphatic heterocycles. The van der Waals surface area contributed by atoms with Gasteiger partial charge in [-0.3, -0.25) is 9.59 Å². The lowest BCUT2D eigenvalue weighted by Crippen LogP contribution is -2.47. The number of thiazole rings is 1. The molecule has 26 heavy (non-hydrogen) atoms. The van der Waals surface area contributed by atoms with Crippen LogP contribution in [0.1, 0.15) is 48.1 Å². The average Bonchev–Trinajstić information content (AvgIpc) is 3.24. The Kier molecular flexibility index (Phi) is 4.76. The second-order valence-corrected chi connectivity index (χ2v) is 7.73. The highest BCUT2D eigenvalue weighted by atomic mass is 32.1. The van der Waals surface area contributed by atoms with E-state index in [0.29, 0.717) is 25.3 Å². The minimum atomic E-state index is -0.142. The van der Waals surface area contributed by atoms with Crippen LogP contribution in [0.3, 0.4) is 0 Å². The number of nitrogens with zero attached hydrogens (tertiary/aromatic N) is 4. The number of hydrogen-bond acceptors (Lipinski definition) is 6. The van der Waals surface area contributed by atoms with Crippen molar-refractivity contribution in [2.75, 3.05) is 13.1 Å². The van der Waals surface area contributed by atoms with Gasteiger partial charge >= 0.3 is 0 Å². The van der Waals surface area contributed by atoms with Crippen molar-refractivity contribution in [2.24, 2.45) is 5.92 Å². The summed E-state index contributed by atoms with van der Waals surface area (Å²) < 4.78 is 5.25. The van der Waals surface area contributed by atoms with Gasteiger partial charge in [-0.15, -0.1) is 11.3 Å². The molecule has 0 unspecified atom stereocenters. The van der Waals surface area contributed by atoms with Gasteiger partial charge in [0.1, 0.15) is 5.76 Å². The number of piperidine rings is 1. The molecule has 5 heterocycles. The predicted octanol–water partition coefficient (Wildman–Crippen LogP) is 2.35. The van der Waals surface area contributed by atoms with Crippen molar-refractivity contribution >= 4 is 23.2 Å². The Bertz CT molecular complexity index is 788. The third kappa shape index (κ3) is 3.25. The van der Waals surface area contributed by atoms with E-state index >= 15 is 0 Å². The molecule has 2 aromatic heterocycles. The van der Waals surface area contributed by atoms with Crippen molar-refractivity contribution in [2.45, 2.75) is 45.2 Å². The molecule has 3 fully saturated rings. The molecule has 2 bridgehead atoms. The van der Waals surface area contributed by atoms with Crippen LogP contribution in [-0.4, -0.2) is 50.9 Å². The highest BCUT2D eigenvalue weighted by Gasteiger charge is 2.42. The fourth-order valence-corrected chi connectivity index (χ4v) is 4.39. The number of amides is 2. The van der Waals surface area contributed by atoms with E-state index in [4.69, 9.17) is 4.52 Å². The van der Waals surface area contributed by atoms with Crippen molar-refractivity contribution in [1.82, 2.24) is 19.9 Å². The third-order valence-electron chi connectivity index (χ3n) is 5.17. The van der Waals surface area contributed by atoms with Crippen LogP contribution in [-0.2, 0) is 17.8 Å². The number of hydrogen-bond donors (Lipinski definition) is 0. The molecule has 3 aliphatic rings. The van der Waals surface area contributed by atoms with Crippen molar-refractivity contribution in [3.8, 4) is 0 Å². The Hall–Kier alpha value is -2.22. The summed E-state index contributed by atoms with van der Waals surface area (Å²) in [6.45, 7) is 3.58. The van der Waals surface area contributed by atoms with Crippen LogP contribution in [0.15, 0.2) is 21.5 Å². The lowest BCUT2D eigenvalue weighted by Gasteiger charge is -2.35. The average molecular weight is 374 g/mol. The van der Waals surface area contributed by atoms with E-state index in [-0.39, 0.29) is 23.8 Å². The number of carbonyl (C=O) groups excluding carboxylic acids is 2. The fraction of sp³-hybridized carbons (Fsp3) is 0.556. The van der Waals surface area contributed by atoms with Gasteiger partial charge in [-0.1, -0.05) is 12.1 Å². The van der Waals surface area contributed by atoms with Crippen molar-refractivity contribution in [1.29, 1.82) is 0 Å². The second-order valence-electron chi connectivity index (χ2n) is 7.01. The largest absolute Gasteiger partial charge is 0.361 e. The summed E-state index contributed by atoms with van der Waals surface area (Å²) in [7, 11) is 0. The second kappa shape index (κ2) is 7.19. The predicted molar refractivity (Wildman–Crippen MR) is 95.6 cm³/mol. The van der Waals surface area contributed by atoms with Gasteiger partial charge in [0, 0.05) is 37.0 Å². The monoisotopic (exact) mass is 374 g/mol.